The van der Waals surface area contributed by atoms with Crippen LogP contribution in [0.15, 0.2) is 21.7 Å². The average molecular weight is 390 g/mol. The van der Waals surface area contributed by atoms with Gasteiger partial charge in [-0.2, -0.15) is 4.31 Å². The SMILES string of the molecule is CC(C)CCCN[C@@H]1CCN(S(=O)(=O)c2cccs2)[C@@H](C(=O)NO)C1. The monoisotopic (exact) mass is 389 g/mol. The third-order valence-electron chi connectivity index (χ3n) is 4.42. The molecule has 1 saturated heterocycles. The van der Waals surface area contributed by atoms with Gasteiger partial charge in [-0.1, -0.05) is 19.9 Å². The summed E-state index contributed by atoms with van der Waals surface area (Å²) in [6, 6.07) is 2.35. The van der Waals surface area contributed by atoms with Gasteiger partial charge in [0.2, 0.25) is 0 Å². The zero-order valence-corrected chi connectivity index (χ0v) is 16.3. The molecule has 2 rings (SSSR count). The number of sulfonamides is 1. The van der Waals surface area contributed by atoms with Gasteiger partial charge in [0.25, 0.3) is 15.9 Å². The number of amides is 1. The first-order chi connectivity index (χ1) is 11.9. The molecule has 142 valence electrons. The molecule has 3 N–H and O–H groups in total. The first kappa shape index (κ1) is 20.3. The molecule has 0 spiro atoms. The van der Waals surface area contributed by atoms with E-state index in [2.05, 4.69) is 19.2 Å². The van der Waals surface area contributed by atoms with E-state index >= 15 is 0 Å². The van der Waals surface area contributed by atoms with Crippen LogP contribution in [0.5, 0.6) is 0 Å². The summed E-state index contributed by atoms with van der Waals surface area (Å²) in [4.78, 5) is 12.1. The van der Waals surface area contributed by atoms with Crippen LogP contribution < -0.4 is 10.8 Å². The Bertz CT molecular complexity index is 646. The van der Waals surface area contributed by atoms with Crippen molar-refractivity contribution >= 4 is 27.3 Å². The summed E-state index contributed by atoms with van der Waals surface area (Å²) >= 11 is 1.13. The third kappa shape index (κ3) is 5.24. The first-order valence-corrected chi connectivity index (χ1v) is 10.9. The Hall–Kier alpha value is -1.00. The first-order valence-electron chi connectivity index (χ1n) is 8.59. The lowest BCUT2D eigenvalue weighted by Gasteiger charge is -2.37. The Morgan fingerprint density at radius 3 is 2.84 bits per heavy atom. The fourth-order valence-corrected chi connectivity index (χ4v) is 5.80. The number of hydrogen-bond acceptors (Lipinski definition) is 6. The van der Waals surface area contributed by atoms with Gasteiger partial charge in [0, 0.05) is 12.6 Å². The van der Waals surface area contributed by atoms with E-state index in [9.17, 15) is 13.2 Å². The van der Waals surface area contributed by atoms with Crippen LogP contribution in [0.3, 0.4) is 0 Å². The Morgan fingerprint density at radius 2 is 2.24 bits per heavy atom. The van der Waals surface area contributed by atoms with Gasteiger partial charge in [-0.05, 0) is 49.6 Å². The molecule has 0 aliphatic carbocycles. The Labute approximate surface area is 153 Å². The number of rotatable bonds is 8. The molecule has 2 atom stereocenters. The van der Waals surface area contributed by atoms with E-state index in [1.54, 1.807) is 16.9 Å². The number of hydroxylamine groups is 1. The summed E-state index contributed by atoms with van der Waals surface area (Å²) < 4.78 is 27.0. The summed E-state index contributed by atoms with van der Waals surface area (Å²) in [7, 11) is -3.73. The van der Waals surface area contributed by atoms with Crippen molar-refractivity contribution in [2.24, 2.45) is 5.92 Å². The van der Waals surface area contributed by atoms with Crippen LogP contribution in [0, 0.1) is 5.92 Å². The molecule has 1 fully saturated rings. The second-order valence-corrected chi connectivity index (χ2v) is 9.82. The topological polar surface area (TPSA) is 98.7 Å². The maximum absolute atomic E-state index is 12.8. The molecule has 0 radical (unpaired) electrons. The second-order valence-electron chi connectivity index (χ2n) is 6.75. The molecule has 1 aromatic rings. The maximum atomic E-state index is 12.8. The van der Waals surface area contributed by atoms with Gasteiger partial charge in [-0.3, -0.25) is 10.0 Å². The molecule has 1 aliphatic rings. The highest BCUT2D eigenvalue weighted by Crippen LogP contribution is 2.28. The maximum Gasteiger partial charge on any atom is 0.261 e. The van der Waals surface area contributed by atoms with Crippen molar-refractivity contribution in [2.75, 3.05) is 13.1 Å². The number of carbonyl (C=O) groups excluding carboxylic acids is 1. The molecule has 0 aromatic carbocycles. The second kappa shape index (κ2) is 9.09. The lowest BCUT2D eigenvalue weighted by atomic mass is 9.98. The number of nitrogens with zero attached hydrogens (tertiary/aromatic N) is 1. The van der Waals surface area contributed by atoms with Gasteiger partial charge in [-0.15, -0.1) is 11.3 Å². The van der Waals surface area contributed by atoms with Crippen molar-refractivity contribution in [3.8, 4) is 0 Å². The highest BCUT2D eigenvalue weighted by molar-refractivity contribution is 7.91. The fourth-order valence-electron chi connectivity index (χ4n) is 3.07. The zero-order chi connectivity index (χ0) is 18.4. The van der Waals surface area contributed by atoms with Crippen LogP contribution in [0.25, 0.3) is 0 Å². The van der Waals surface area contributed by atoms with Crippen molar-refractivity contribution < 1.29 is 18.4 Å². The Kier molecular flexibility index (Phi) is 7.38. The van der Waals surface area contributed by atoms with Crippen LogP contribution in [-0.4, -0.2) is 49.0 Å². The molecule has 0 saturated carbocycles. The molecule has 1 amide bonds. The molecule has 0 bridgehead atoms. The van der Waals surface area contributed by atoms with Crippen molar-refractivity contribution in [1.82, 2.24) is 15.1 Å². The lowest BCUT2D eigenvalue weighted by Crippen LogP contribution is -2.56. The smallest absolute Gasteiger partial charge is 0.261 e. The molecule has 7 nitrogen and oxygen atoms in total. The van der Waals surface area contributed by atoms with Gasteiger partial charge in [0.05, 0.1) is 0 Å². The summed E-state index contributed by atoms with van der Waals surface area (Å²) in [5.74, 6) is -0.0405. The van der Waals surface area contributed by atoms with Gasteiger partial charge < -0.3 is 5.32 Å². The summed E-state index contributed by atoms with van der Waals surface area (Å²) in [6.07, 6.45) is 3.15. The van der Waals surface area contributed by atoms with Crippen LogP contribution in [0.1, 0.15) is 39.5 Å². The van der Waals surface area contributed by atoms with Gasteiger partial charge in [0.1, 0.15) is 10.3 Å². The van der Waals surface area contributed by atoms with Gasteiger partial charge in [0.15, 0.2) is 0 Å². The van der Waals surface area contributed by atoms with Crippen molar-refractivity contribution in [3.05, 3.63) is 17.5 Å². The molecule has 25 heavy (non-hydrogen) atoms. The largest absolute Gasteiger partial charge is 0.314 e. The highest BCUT2D eigenvalue weighted by atomic mass is 32.2. The van der Waals surface area contributed by atoms with Crippen molar-refractivity contribution in [2.45, 2.75) is 55.8 Å². The third-order valence-corrected chi connectivity index (χ3v) is 7.70. The van der Waals surface area contributed by atoms with E-state index in [-0.39, 0.29) is 16.8 Å². The number of piperidine rings is 1. The van der Waals surface area contributed by atoms with Crippen molar-refractivity contribution in [3.63, 3.8) is 0 Å². The normalized spacial score (nSPS) is 22.2. The van der Waals surface area contributed by atoms with E-state index in [4.69, 9.17) is 5.21 Å². The minimum Gasteiger partial charge on any atom is -0.314 e. The van der Waals surface area contributed by atoms with Gasteiger partial charge in [-0.25, -0.2) is 13.9 Å². The summed E-state index contributed by atoms with van der Waals surface area (Å²) in [5.41, 5.74) is 1.62. The molecule has 9 heteroatoms. The fraction of sp³-hybridized carbons (Fsp3) is 0.688. The molecular formula is C16H27N3O4S2. The van der Waals surface area contributed by atoms with Gasteiger partial charge >= 0.3 is 0 Å². The van der Waals surface area contributed by atoms with E-state index in [0.717, 1.165) is 30.7 Å². The molecule has 1 aromatic heterocycles. The van der Waals surface area contributed by atoms with E-state index in [0.29, 0.717) is 18.8 Å². The Balaban J connectivity index is 2.04. The number of hydrogen-bond donors (Lipinski definition) is 3. The highest BCUT2D eigenvalue weighted by Gasteiger charge is 2.40. The van der Waals surface area contributed by atoms with E-state index < -0.39 is 22.0 Å². The summed E-state index contributed by atoms with van der Waals surface area (Å²) in [5, 5.41) is 14.1. The van der Waals surface area contributed by atoms with Crippen LogP contribution >= 0.6 is 11.3 Å². The quantitative estimate of drug-likeness (QED) is 0.358. The predicted octanol–water partition coefficient (Wildman–Crippen LogP) is 1.80. The Morgan fingerprint density at radius 1 is 1.48 bits per heavy atom. The summed E-state index contributed by atoms with van der Waals surface area (Å²) in [6.45, 7) is 5.44. The number of thiophene rings is 1. The van der Waals surface area contributed by atoms with E-state index in [1.807, 2.05) is 0 Å². The standard InChI is InChI=1S/C16H27N3O4S2/c1-12(2)5-3-8-17-13-7-9-19(14(11-13)16(20)18-21)25(22,23)15-6-4-10-24-15/h4,6,10,12-14,17,21H,3,5,7-9,11H2,1-2H3,(H,18,20)/t13-,14-/m1/s1. The minimum absolute atomic E-state index is 0.0595. The van der Waals surface area contributed by atoms with E-state index in [1.165, 1.54) is 10.4 Å². The number of carbonyl (C=O) groups is 1. The predicted molar refractivity (Wildman–Crippen MR) is 97.0 cm³/mol. The lowest BCUT2D eigenvalue weighted by molar-refractivity contribution is -0.134. The van der Waals surface area contributed by atoms with Crippen LogP contribution in [0.4, 0.5) is 0 Å². The van der Waals surface area contributed by atoms with Crippen molar-refractivity contribution in [1.29, 1.82) is 0 Å². The molecular weight excluding hydrogens is 362 g/mol. The van der Waals surface area contributed by atoms with Crippen LogP contribution in [0.2, 0.25) is 0 Å². The van der Waals surface area contributed by atoms with Crippen LogP contribution in [-0.2, 0) is 14.8 Å². The molecule has 1 aliphatic heterocycles. The zero-order valence-electron chi connectivity index (χ0n) is 14.6. The number of nitrogens with one attached hydrogen (secondary N) is 2. The minimum atomic E-state index is -3.73. The molecule has 2 heterocycles. The average Bonchev–Trinajstić information content (AvgIpc) is 3.13. The molecule has 0 unspecified atom stereocenters.